The highest BCUT2D eigenvalue weighted by Crippen LogP contribution is 1.90. The van der Waals surface area contributed by atoms with Crippen LogP contribution in [0.25, 0.3) is 0 Å². The average molecular weight is 210 g/mol. The van der Waals surface area contributed by atoms with Crippen molar-refractivity contribution < 1.29 is 4.79 Å². The third-order valence-electron chi connectivity index (χ3n) is 1.98. The molecule has 0 aliphatic heterocycles. The molecule has 0 fully saturated rings. The molecular formula is C10H18N4O. The molecule has 0 spiro atoms. The molecule has 0 aromatic carbocycles. The van der Waals surface area contributed by atoms with Gasteiger partial charge in [0.15, 0.2) is 0 Å². The number of amides is 1. The van der Waals surface area contributed by atoms with E-state index in [9.17, 15) is 4.79 Å². The van der Waals surface area contributed by atoms with E-state index in [4.69, 9.17) is 5.73 Å². The van der Waals surface area contributed by atoms with E-state index in [1.165, 1.54) is 0 Å². The zero-order valence-corrected chi connectivity index (χ0v) is 9.02. The van der Waals surface area contributed by atoms with E-state index < -0.39 is 0 Å². The zero-order valence-electron chi connectivity index (χ0n) is 9.02. The molecule has 0 aliphatic carbocycles. The number of aromatic nitrogens is 2. The van der Waals surface area contributed by atoms with Crippen LogP contribution in [0.3, 0.4) is 0 Å². The van der Waals surface area contributed by atoms with Crippen LogP contribution in [0.1, 0.15) is 19.8 Å². The second-order valence-corrected chi connectivity index (χ2v) is 3.69. The predicted octanol–water partition coefficient (Wildman–Crippen LogP) is 0.127. The van der Waals surface area contributed by atoms with Gasteiger partial charge >= 0.3 is 0 Å². The van der Waals surface area contributed by atoms with Gasteiger partial charge in [-0.1, -0.05) is 0 Å². The van der Waals surface area contributed by atoms with E-state index in [1.807, 2.05) is 17.7 Å². The lowest BCUT2D eigenvalue weighted by Gasteiger charge is -2.07. The van der Waals surface area contributed by atoms with Crippen LogP contribution in [-0.2, 0) is 11.3 Å². The lowest BCUT2D eigenvalue weighted by Crippen LogP contribution is -2.30. The number of imidazole rings is 1. The number of hydrogen-bond acceptors (Lipinski definition) is 3. The second-order valence-electron chi connectivity index (χ2n) is 3.69. The van der Waals surface area contributed by atoms with Gasteiger partial charge in [-0.15, -0.1) is 0 Å². The Morgan fingerprint density at radius 3 is 3.07 bits per heavy atom. The van der Waals surface area contributed by atoms with Crippen LogP contribution in [0.4, 0.5) is 0 Å². The molecule has 0 bridgehead atoms. The standard InChI is InChI=1S/C10H18N4O/c1-9(11)7-10(15)13-3-2-5-14-6-4-12-8-14/h4,6,8-9H,2-3,5,7,11H2,1H3,(H,13,15). The molecule has 1 aromatic heterocycles. The Morgan fingerprint density at radius 2 is 2.47 bits per heavy atom. The van der Waals surface area contributed by atoms with Gasteiger partial charge in [0, 0.05) is 37.9 Å². The summed E-state index contributed by atoms with van der Waals surface area (Å²) in [6.07, 6.45) is 6.72. The molecule has 1 unspecified atom stereocenters. The summed E-state index contributed by atoms with van der Waals surface area (Å²) >= 11 is 0. The molecule has 1 rings (SSSR count). The van der Waals surface area contributed by atoms with Gasteiger partial charge in [-0.05, 0) is 13.3 Å². The molecule has 1 aromatic rings. The van der Waals surface area contributed by atoms with Crippen LogP contribution < -0.4 is 11.1 Å². The first-order valence-corrected chi connectivity index (χ1v) is 5.16. The van der Waals surface area contributed by atoms with Crippen molar-refractivity contribution in [3.8, 4) is 0 Å². The van der Waals surface area contributed by atoms with Crippen molar-refractivity contribution in [1.29, 1.82) is 0 Å². The Bertz CT molecular complexity index is 282. The molecule has 3 N–H and O–H groups in total. The summed E-state index contributed by atoms with van der Waals surface area (Å²) in [6.45, 7) is 3.38. The highest BCUT2D eigenvalue weighted by molar-refractivity contribution is 5.76. The maximum Gasteiger partial charge on any atom is 0.221 e. The first-order valence-electron chi connectivity index (χ1n) is 5.16. The van der Waals surface area contributed by atoms with Crippen molar-refractivity contribution >= 4 is 5.91 Å². The van der Waals surface area contributed by atoms with Crippen LogP contribution in [0.2, 0.25) is 0 Å². The van der Waals surface area contributed by atoms with Crippen LogP contribution in [0.15, 0.2) is 18.7 Å². The minimum absolute atomic E-state index is 0.0237. The summed E-state index contributed by atoms with van der Waals surface area (Å²) in [4.78, 5) is 15.1. The summed E-state index contributed by atoms with van der Waals surface area (Å²) in [5.41, 5.74) is 5.50. The number of nitrogens with two attached hydrogens (primary N) is 1. The van der Waals surface area contributed by atoms with Crippen LogP contribution in [-0.4, -0.2) is 28.0 Å². The average Bonchev–Trinajstić information content (AvgIpc) is 2.63. The highest BCUT2D eigenvalue weighted by atomic mass is 16.1. The summed E-state index contributed by atoms with van der Waals surface area (Å²) in [5.74, 6) is 0.0237. The van der Waals surface area contributed by atoms with Crippen molar-refractivity contribution in [2.45, 2.75) is 32.4 Å². The molecule has 0 saturated carbocycles. The van der Waals surface area contributed by atoms with Gasteiger partial charge in [0.25, 0.3) is 0 Å². The summed E-state index contributed by atoms with van der Waals surface area (Å²) < 4.78 is 1.98. The SMILES string of the molecule is CC(N)CC(=O)NCCCn1ccnc1. The maximum atomic E-state index is 11.2. The van der Waals surface area contributed by atoms with Crippen molar-refractivity contribution in [2.24, 2.45) is 5.73 Å². The van der Waals surface area contributed by atoms with Gasteiger partial charge in [-0.3, -0.25) is 4.79 Å². The monoisotopic (exact) mass is 210 g/mol. The molecular weight excluding hydrogens is 192 g/mol. The Morgan fingerprint density at radius 1 is 1.67 bits per heavy atom. The fraction of sp³-hybridized carbons (Fsp3) is 0.600. The van der Waals surface area contributed by atoms with E-state index in [2.05, 4.69) is 10.3 Å². The Balaban J connectivity index is 2.04. The molecule has 0 aliphatic rings. The van der Waals surface area contributed by atoms with Gasteiger partial charge in [0.2, 0.25) is 5.91 Å². The molecule has 0 saturated heterocycles. The van der Waals surface area contributed by atoms with E-state index in [0.717, 1.165) is 13.0 Å². The highest BCUT2D eigenvalue weighted by Gasteiger charge is 2.03. The number of aryl methyl sites for hydroxylation is 1. The fourth-order valence-corrected chi connectivity index (χ4v) is 1.27. The Labute approximate surface area is 89.7 Å². The van der Waals surface area contributed by atoms with E-state index in [-0.39, 0.29) is 11.9 Å². The van der Waals surface area contributed by atoms with Crippen LogP contribution in [0.5, 0.6) is 0 Å². The fourth-order valence-electron chi connectivity index (χ4n) is 1.27. The first-order chi connectivity index (χ1) is 7.18. The molecule has 0 radical (unpaired) electrons. The van der Waals surface area contributed by atoms with E-state index in [0.29, 0.717) is 13.0 Å². The number of hydrogen-bond donors (Lipinski definition) is 2. The smallest absolute Gasteiger partial charge is 0.221 e. The van der Waals surface area contributed by atoms with Crippen molar-refractivity contribution in [1.82, 2.24) is 14.9 Å². The van der Waals surface area contributed by atoms with Crippen molar-refractivity contribution in [2.75, 3.05) is 6.54 Å². The van der Waals surface area contributed by atoms with E-state index in [1.54, 1.807) is 12.5 Å². The van der Waals surface area contributed by atoms with Crippen LogP contribution >= 0.6 is 0 Å². The number of nitrogens with one attached hydrogen (secondary N) is 1. The molecule has 5 nitrogen and oxygen atoms in total. The largest absolute Gasteiger partial charge is 0.356 e. The first kappa shape index (κ1) is 11.7. The van der Waals surface area contributed by atoms with Gasteiger partial charge in [-0.25, -0.2) is 4.98 Å². The topological polar surface area (TPSA) is 72.9 Å². The minimum atomic E-state index is -0.0707. The van der Waals surface area contributed by atoms with E-state index >= 15 is 0 Å². The maximum absolute atomic E-state index is 11.2. The zero-order chi connectivity index (χ0) is 11.1. The van der Waals surface area contributed by atoms with Gasteiger partial charge in [0.05, 0.1) is 6.33 Å². The predicted molar refractivity (Wildman–Crippen MR) is 58.1 cm³/mol. The molecule has 15 heavy (non-hydrogen) atoms. The number of carbonyl (C=O) groups excluding carboxylic acids is 1. The Kier molecular flexibility index (Phi) is 4.83. The molecule has 1 heterocycles. The van der Waals surface area contributed by atoms with Crippen molar-refractivity contribution in [3.63, 3.8) is 0 Å². The molecule has 1 amide bonds. The van der Waals surface area contributed by atoms with Gasteiger partial charge in [-0.2, -0.15) is 0 Å². The third kappa shape index (κ3) is 5.17. The normalized spacial score (nSPS) is 12.4. The number of nitrogens with zero attached hydrogens (tertiary/aromatic N) is 2. The minimum Gasteiger partial charge on any atom is -0.356 e. The Hall–Kier alpha value is -1.36. The lowest BCUT2D eigenvalue weighted by molar-refractivity contribution is -0.121. The molecule has 5 heteroatoms. The summed E-state index contributed by atoms with van der Waals surface area (Å²) in [5, 5.41) is 2.82. The molecule has 1 atom stereocenters. The van der Waals surface area contributed by atoms with Crippen LogP contribution in [0, 0.1) is 0 Å². The third-order valence-corrected chi connectivity index (χ3v) is 1.98. The summed E-state index contributed by atoms with van der Waals surface area (Å²) in [7, 11) is 0. The second kappa shape index (κ2) is 6.19. The van der Waals surface area contributed by atoms with Gasteiger partial charge < -0.3 is 15.6 Å². The number of rotatable bonds is 6. The lowest BCUT2D eigenvalue weighted by atomic mass is 10.2. The quantitative estimate of drug-likeness (QED) is 0.655. The van der Waals surface area contributed by atoms with Crippen molar-refractivity contribution in [3.05, 3.63) is 18.7 Å². The summed E-state index contributed by atoms with van der Waals surface area (Å²) in [6, 6.07) is -0.0707. The van der Waals surface area contributed by atoms with Gasteiger partial charge in [0.1, 0.15) is 0 Å². The molecule has 84 valence electrons. The number of carbonyl (C=O) groups is 1.